The van der Waals surface area contributed by atoms with Crippen molar-refractivity contribution in [2.45, 2.75) is 57.5 Å². The number of hydrogen-bond acceptors (Lipinski definition) is 7. The summed E-state index contributed by atoms with van der Waals surface area (Å²) in [6.45, 7) is 6.01. The predicted octanol–water partition coefficient (Wildman–Crippen LogP) is 4.36. The van der Waals surface area contributed by atoms with Gasteiger partial charge >= 0.3 is 5.97 Å². The number of rotatable bonds is 9. The second-order valence-electron chi connectivity index (χ2n) is 9.28. The number of hydrogen-bond donors (Lipinski definition) is 0. The van der Waals surface area contributed by atoms with Gasteiger partial charge in [-0.05, 0) is 70.0 Å². The van der Waals surface area contributed by atoms with Gasteiger partial charge in [-0.15, -0.1) is 0 Å². The number of carbonyl (C=O) groups is 2. The first kappa shape index (κ1) is 26.7. The van der Waals surface area contributed by atoms with E-state index in [-0.39, 0.29) is 28.0 Å². The monoisotopic (exact) mass is 528 g/mol. The average Bonchev–Trinajstić information content (AvgIpc) is 3.50. The Hall–Kier alpha value is -3.37. The van der Waals surface area contributed by atoms with E-state index in [2.05, 4.69) is 0 Å². The molecular weight excluding hydrogens is 496 g/mol. The summed E-state index contributed by atoms with van der Waals surface area (Å²) < 4.78 is 46.2. The van der Waals surface area contributed by atoms with Crippen LogP contribution in [0.3, 0.4) is 0 Å². The molecule has 1 fully saturated rings. The van der Waals surface area contributed by atoms with Crippen LogP contribution in [0, 0.1) is 13.8 Å². The van der Waals surface area contributed by atoms with Crippen molar-refractivity contribution in [2.75, 3.05) is 20.3 Å². The highest BCUT2D eigenvalue weighted by atomic mass is 32.2. The van der Waals surface area contributed by atoms with Crippen molar-refractivity contribution >= 4 is 21.8 Å². The van der Waals surface area contributed by atoms with Gasteiger partial charge in [0.25, 0.3) is 0 Å². The van der Waals surface area contributed by atoms with Crippen LogP contribution in [0.5, 0.6) is 5.75 Å². The molecule has 0 unspecified atom stereocenters. The van der Waals surface area contributed by atoms with Gasteiger partial charge in [-0.3, -0.25) is 4.79 Å². The van der Waals surface area contributed by atoms with Gasteiger partial charge in [-0.2, -0.15) is 4.31 Å². The number of piperidine rings is 1. The van der Waals surface area contributed by atoms with Crippen molar-refractivity contribution in [1.29, 1.82) is 0 Å². The number of ether oxygens (including phenoxy) is 2. The molecule has 4 rings (SSSR count). The summed E-state index contributed by atoms with van der Waals surface area (Å²) in [5, 5.41) is 0. The summed E-state index contributed by atoms with van der Waals surface area (Å²) >= 11 is 0. The maximum Gasteiger partial charge on any atom is 0.338 e. The Morgan fingerprint density at radius 2 is 1.92 bits per heavy atom. The minimum atomic E-state index is -3.89. The fraction of sp³-hybridized carbons (Fsp3) is 0.407. The summed E-state index contributed by atoms with van der Waals surface area (Å²) in [5.41, 5.74) is 2.10. The Labute approximate surface area is 217 Å². The van der Waals surface area contributed by atoms with E-state index in [0.29, 0.717) is 18.7 Å². The Bertz CT molecular complexity index is 1390. The van der Waals surface area contributed by atoms with E-state index < -0.39 is 22.6 Å². The van der Waals surface area contributed by atoms with E-state index >= 15 is 0 Å². The number of ketones is 1. The van der Waals surface area contributed by atoms with Crippen molar-refractivity contribution in [1.82, 2.24) is 8.87 Å². The van der Waals surface area contributed by atoms with E-state index in [9.17, 15) is 18.0 Å². The molecular formula is C27H32N2O7S. The highest BCUT2D eigenvalue weighted by molar-refractivity contribution is 7.89. The van der Waals surface area contributed by atoms with E-state index in [4.69, 9.17) is 13.9 Å². The van der Waals surface area contributed by atoms with Crippen LogP contribution in [0.2, 0.25) is 0 Å². The first-order chi connectivity index (χ1) is 17.6. The van der Waals surface area contributed by atoms with Crippen LogP contribution in [0.25, 0.3) is 0 Å². The molecule has 0 saturated carbocycles. The summed E-state index contributed by atoms with van der Waals surface area (Å²) in [4.78, 5) is 25.6. The maximum absolute atomic E-state index is 13.4. The van der Waals surface area contributed by atoms with E-state index in [1.807, 2.05) is 31.4 Å². The minimum absolute atomic E-state index is 0.0279. The quantitative estimate of drug-likeness (QED) is 0.300. The van der Waals surface area contributed by atoms with Crippen molar-refractivity contribution < 1.29 is 31.9 Å². The normalized spacial score (nSPS) is 16.5. The summed E-state index contributed by atoms with van der Waals surface area (Å²) in [7, 11) is -2.51. The number of methoxy groups -OCH3 is 1. The zero-order valence-electron chi connectivity index (χ0n) is 21.5. The molecule has 1 saturated heterocycles. The predicted molar refractivity (Wildman–Crippen MR) is 137 cm³/mol. The largest absolute Gasteiger partial charge is 0.495 e. The molecule has 0 radical (unpaired) electrons. The molecule has 0 N–H and O–H groups in total. The third kappa shape index (κ3) is 5.50. The average molecular weight is 529 g/mol. The molecule has 1 aliphatic rings. The third-order valence-corrected chi connectivity index (χ3v) is 8.87. The lowest BCUT2D eigenvalue weighted by atomic mass is 10.1. The Morgan fingerprint density at radius 3 is 2.59 bits per heavy atom. The van der Waals surface area contributed by atoms with Crippen LogP contribution >= 0.6 is 0 Å². The SMILES string of the molecule is COc1ccc(C(=O)OCC(=O)c2cc(C)n(Cc3ccco3)c2C)cc1S(=O)(=O)N1CCCC[C@H]1C. The fourth-order valence-corrected chi connectivity index (χ4v) is 6.62. The third-order valence-electron chi connectivity index (χ3n) is 6.83. The number of aryl methyl sites for hydroxylation is 1. The van der Waals surface area contributed by atoms with Gasteiger partial charge in [0, 0.05) is 29.5 Å². The van der Waals surface area contributed by atoms with Crippen LogP contribution in [0.1, 0.15) is 64.1 Å². The van der Waals surface area contributed by atoms with Crippen LogP contribution in [-0.2, 0) is 21.3 Å². The number of nitrogens with zero attached hydrogens (tertiary/aromatic N) is 2. The van der Waals surface area contributed by atoms with Gasteiger partial charge < -0.3 is 18.5 Å². The second kappa shape index (κ2) is 10.9. The molecule has 0 amide bonds. The molecule has 37 heavy (non-hydrogen) atoms. The van der Waals surface area contributed by atoms with E-state index in [0.717, 1.165) is 36.4 Å². The first-order valence-electron chi connectivity index (χ1n) is 12.2. The molecule has 2 aromatic heterocycles. The topological polar surface area (TPSA) is 108 Å². The number of benzene rings is 1. The minimum Gasteiger partial charge on any atom is -0.495 e. The van der Waals surface area contributed by atoms with Gasteiger partial charge in [0.05, 0.1) is 25.5 Å². The number of carbonyl (C=O) groups excluding carboxylic acids is 2. The molecule has 3 heterocycles. The fourth-order valence-electron chi connectivity index (χ4n) is 4.74. The molecule has 0 bridgehead atoms. The molecule has 9 nitrogen and oxygen atoms in total. The van der Waals surface area contributed by atoms with E-state index in [1.54, 1.807) is 18.4 Å². The number of Topliss-reactive ketones (excluding diaryl/α,β-unsaturated/α-hetero) is 1. The Balaban J connectivity index is 1.50. The summed E-state index contributed by atoms with van der Waals surface area (Å²) in [5.74, 6) is -0.231. The number of furan rings is 1. The van der Waals surface area contributed by atoms with Crippen LogP contribution in [0.4, 0.5) is 0 Å². The molecule has 0 aliphatic carbocycles. The summed E-state index contributed by atoms with van der Waals surface area (Å²) in [6.07, 6.45) is 4.11. The van der Waals surface area contributed by atoms with Crippen LogP contribution in [-0.4, -0.2) is 55.3 Å². The Kier molecular flexibility index (Phi) is 7.89. The molecule has 10 heteroatoms. The molecule has 3 aromatic rings. The first-order valence-corrected chi connectivity index (χ1v) is 13.7. The van der Waals surface area contributed by atoms with Crippen LogP contribution < -0.4 is 4.74 Å². The lowest BCUT2D eigenvalue weighted by Crippen LogP contribution is -2.42. The van der Waals surface area contributed by atoms with Crippen molar-refractivity contribution in [3.05, 3.63) is 70.9 Å². The lowest BCUT2D eigenvalue weighted by Gasteiger charge is -2.32. The Morgan fingerprint density at radius 1 is 1.14 bits per heavy atom. The molecule has 1 aromatic carbocycles. The second-order valence-corrected chi connectivity index (χ2v) is 11.1. The lowest BCUT2D eigenvalue weighted by molar-refractivity contribution is 0.0474. The smallest absolute Gasteiger partial charge is 0.338 e. The molecule has 1 aliphatic heterocycles. The molecule has 1 atom stereocenters. The highest BCUT2D eigenvalue weighted by Gasteiger charge is 2.34. The number of sulfonamides is 1. The van der Waals surface area contributed by atoms with Gasteiger partial charge in [-0.25, -0.2) is 13.2 Å². The van der Waals surface area contributed by atoms with E-state index in [1.165, 1.54) is 29.6 Å². The maximum atomic E-state index is 13.4. The standard InChI is InChI=1S/C27H32N2O7S/c1-18-8-5-6-12-29(18)37(32,33)26-15-21(10-11-25(26)34-4)27(31)36-17-24(30)23-14-19(2)28(20(23)3)16-22-9-7-13-35-22/h7,9-11,13-15,18H,5-6,8,12,16-17H2,1-4H3/t18-/m1/s1. The number of esters is 1. The van der Waals surface area contributed by atoms with Crippen molar-refractivity contribution in [3.8, 4) is 5.75 Å². The zero-order chi connectivity index (χ0) is 26.7. The highest BCUT2D eigenvalue weighted by Crippen LogP contribution is 2.32. The van der Waals surface area contributed by atoms with Gasteiger partial charge in [-0.1, -0.05) is 6.42 Å². The summed E-state index contributed by atoms with van der Waals surface area (Å²) in [6, 6.07) is 9.39. The van der Waals surface area contributed by atoms with Crippen molar-refractivity contribution in [2.24, 2.45) is 0 Å². The van der Waals surface area contributed by atoms with Gasteiger partial charge in [0.1, 0.15) is 16.4 Å². The zero-order valence-corrected chi connectivity index (χ0v) is 22.3. The molecule has 198 valence electrons. The molecule has 0 spiro atoms. The number of aromatic nitrogens is 1. The van der Waals surface area contributed by atoms with Gasteiger partial charge in [0.2, 0.25) is 15.8 Å². The van der Waals surface area contributed by atoms with Gasteiger partial charge in [0.15, 0.2) is 6.61 Å². The van der Waals surface area contributed by atoms with Crippen molar-refractivity contribution in [3.63, 3.8) is 0 Å². The van der Waals surface area contributed by atoms with Crippen LogP contribution in [0.15, 0.2) is 52.0 Å².